The Morgan fingerprint density at radius 2 is 2.06 bits per heavy atom. The van der Waals surface area contributed by atoms with Crippen LogP contribution in [0.15, 0.2) is 36.4 Å². The Labute approximate surface area is 99.5 Å². The number of hydroxylamine groups is 1. The standard InChI is InChI=1S/C12H14N4O/c1-14-17-12(13)10-8-11(16(2)15-10)9-6-4-3-5-7-9/h3-8,13-14H,1-2H3. The highest BCUT2D eigenvalue weighted by Crippen LogP contribution is 2.19. The molecule has 0 saturated carbocycles. The molecule has 2 aromatic rings. The normalized spacial score (nSPS) is 10.2. The van der Waals surface area contributed by atoms with Gasteiger partial charge in [-0.05, 0) is 11.6 Å². The van der Waals surface area contributed by atoms with Crippen molar-refractivity contribution in [2.24, 2.45) is 7.05 Å². The summed E-state index contributed by atoms with van der Waals surface area (Å²) in [6, 6.07) is 11.7. The molecule has 1 heterocycles. The van der Waals surface area contributed by atoms with E-state index in [2.05, 4.69) is 10.6 Å². The fourth-order valence-electron chi connectivity index (χ4n) is 1.61. The molecule has 0 aliphatic carbocycles. The van der Waals surface area contributed by atoms with Gasteiger partial charge in [0.25, 0.3) is 5.90 Å². The van der Waals surface area contributed by atoms with Crippen molar-refractivity contribution < 1.29 is 4.84 Å². The minimum absolute atomic E-state index is 0.00489. The number of hydrogen-bond acceptors (Lipinski definition) is 4. The molecule has 2 rings (SSSR count). The summed E-state index contributed by atoms with van der Waals surface area (Å²) in [6.45, 7) is 0. The van der Waals surface area contributed by atoms with E-state index in [-0.39, 0.29) is 5.90 Å². The van der Waals surface area contributed by atoms with Crippen molar-refractivity contribution in [3.8, 4) is 11.3 Å². The molecule has 0 spiro atoms. The van der Waals surface area contributed by atoms with Gasteiger partial charge in [0.1, 0.15) is 5.69 Å². The van der Waals surface area contributed by atoms with Gasteiger partial charge in [-0.15, -0.1) is 0 Å². The van der Waals surface area contributed by atoms with Crippen LogP contribution in [0.2, 0.25) is 0 Å². The average Bonchev–Trinajstić information content (AvgIpc) is 2.73. The largest absolute Gasteiger partial charge is 0.387 e. The van der Waals surface area contributed by atoms with Crippen molar-refractivity contribution in [1.29, 1.82) is 5.41 Å². The molecule has 0 saturated heterocycles. The molecule has 2 N–H and O–H groups in total. The predicted molar refractivity (Wildman–Crippen MR) is 65.6 cm³/mol. The molecule has 0 aliphatic heterocycles. The number of aryl methyl sites for hydroxylation is 1. The van der Waals surface area contributed by atoms with Gasteiger partial charge in [-0.25, -0.2) is 0 Å². The molecule has 5 nitrogen and oxygen atoms in total. The van der Waals surface area contributed by atoms with E-state index in [1.807, 2.05) is 43.4 Å². The molecule has 1 aromatic heterocycles. The van der Waals surface area contributed by atoms with Crippen LogP contribution < -0.4 is 5.48 Å². The lowest BCUT2D eigenvalue weighted by Gasteiger charge is -1.99. The summed E-state index contributed by atoms with van der Waals surface area (Å²) >= 11 is 0. The molecule has 1 aromatic carbocycles. The maximum atomic E-state index is 7.64. The van der Waals surface area contributed by atoms with Crippen LogP contribution in [-0.2, 0) is 11.9 Å². The quantitative estimate of drug-likeness (QED) is 0.478. The molecule has 0 amide bonds. The molecular weight excluding hydrogens is 216 g/mol. The molecule has 0 atom stereocenters. The van der Waals surface area contributed by atoms with Crippen molar-refractivity contribution in [2.45, 2.75) is 0 Å². The zero-order valence-corrected chi connectivity index (χ0v) is 9.77. The van der Waals surface area contributed by atoms with Crippen LogP contribution in [-0.4, -0.2) is 22.7 Å². The lowest BCUT2D eigenvalue weighted by molar-refractivity contribution is 0.207. The first-order valence-electron chi connectivity index (χ1n) is 5.24. The van der Waals surface area contributed by atoms with Crippen LogP contribution in [0.5, 0.6) is 0 Å². The summed E-state index contributed by atoms with van der Waals surface area (Å²) in [4.78, 5) is 4.89. The van der Waals surface area contributed by atoms with Gasteiger partial charge in [-0.1, -0.05) is 30.3 Å². The molecule has 0 fully saturated rings. The molecular formula is C12H14N4O. The van der Waals surface area contributed by atoms with Crippen molar-refractivity contribution in [3.63, 3.8) is 0 Å². The predicted octanol–water partition coefficient (Wildman–Crippen LogP) is 1.56. The van der Waals surface area contributed by atoms with Gasteiger partial charge in [-0.3, -0.25) is 10.1 Å². The van der Waals surface area contributed by atoms with Gasteiger partial charge in [0, 0.05) is 14.1 Å². The Bertz CT molecular complexity index is 519. The highest BCUT2D eigenvalue weighted by atomic mass is 16.6. The molecule has 17 heavy (non-hydrogen) atoms. The summed E-state index contributed by atoms with van der Waals surface area (Å²) in [6.07, 6.45) is 0. The third-order valence-corrected chi connectivity index (χ3v) is 2.39. The van der Waals surface area contributed by atoms with Gasteiger partial charge >= 0.3 is 0 Å². The Kier molecular flexibility index (Phi) is 3.20. The minimum atomic E-state index is 0.00489. The van der Waals surface area contributed by atoms with E-state index < -0.39 is 0 Å². The molecule has 0 unspecified atom stereocenters. The van der Waals surface area contributed by atoms with E-state index in [9.17, 15) is 0 Å². The van der Waals surface area contributed by atoms with E-state index in [1.165, 1.54) is 0 Å². The minimum Gasteiger partial charge on any atom is -0.387 e. The van der Waals surface area contributed by atoms with Gasteiger partial charge in [0.2, 0.25) is 0 Å². The van der Waals surface area contributed by atoms with Crippen LogP contribution in [0.4, 0.5) is 0 Å². The molecule has 5 heteroatoms. The number of nitrogens with one attached hydrogen (secondary N) is 2. The van der Waals surface area contributed by atoms with Crippen molar-refractivity contribution >= 4 is 5.90 Å². The van der Waals surface area contributed by atoms with E-state index in [4.69, 9.17) is 10.2 Å². The third-order valence-electron chi connectivity index (χ3n) is 2.39. The zero-order chi connectivity index (χ0) is 12.3. The van der Waals surface area contributed by atoms with E-state index in [0.29, 0.717) is 5.69 Å². The van der Waals surface area contributed by atoms with E-state index in [0.717, 1.165) is 11.3 Å². The lowest BCUT2D eigenvalue weighted by Crippen LogP contribution is -2.15. The first-order valence-corrected chi connectivity index (χ1v) is 5.24. The van der Waals surface area contributed by atoms with Gasteiger partial charge in [0.05, 0.1) is 5.69 Å². The number of nitrogens with zero attached hydrogens (tertiary/aromatic N) is 2. The third kappa shape index (κ3) is 2.34. The Balaban J connectivity index is 2.35. The van der Waals surface area contributed by atoms with Gasteiger partial charge in [-0.2, -0.15) is 10.6 Å². The van der Waals surface area contributed by atoms with Crippen LogP contribution in [0.1, 0.15) is 5.69 Å². The van der Waals surface area contributed by atoms with Crippen molar-refractivity contribution in [1.82, 2.24) is 15.3 Å². The summed E-state index contributed by atoms with van der Waals surface area (Å²) in [5, 5.41) is 11.9. The molecule has 88 valence electrons. The van der Waals surface area contributed by atoms with Gasteiger partial charge < -0.3 is 4.84 Å². The molecule has 0 bridgehead atoms. The summed E-state index contributed by atoms with van der Waals surface area (Å²) in [5.74, 6) is 0.00489. The Hall–Kier alpha value is -2.14. The molecule has 0 radical (unpaired) electrons. The highest BCUT2D eigenvalue weighted by molar-refractivity contribution is 5.90. The summed E-state index contributed by atoms with van der Waals surface area (Å²) in [5.41, 5.74) is 4.97. The van der Waals surface area contributed by atoms with Crippen LogP contribution in [0, 0.1) is 5.41 Å². The number of hydrogen-bond donors (Lipinski definition) is 2. The van der Waals surface area contributed by atoms with Gasteiger partial charge in [0.15, 0.2) is 0 Å². The van der Waals surface area contributed by atoms with Crippen molar-refractivity contribution in [2.75, 3.05) is 7.05 Å². The topological polar surface area (TPSA) is 62.9 Å². The second-order valence-corrected chi connectivity index (χ2v) is 3.54. The second kappa shape index (κ2) is 4.80. The van der Waals surface area contributed by atoms with Crippen LogP contribution in [0.25, 0.3) is 11.3 Å². The maximum Gasteiger partial charge on any atom is 0.258 e. The van der Waals surface area contributed by atoms with E-state index >= 15 is 0 Å². The molecule has 0 aliphatic rings. The summed E-state index contributed by atoms with van der Waals surface area (Å²) in [7, 11) is 3.45. The maximum absolute atomic E-state index is 7.64. The zero-order valence-electron chi connectivity index (χ0n) is 9.77. The average molecular weight is 230 g/mol. The fraction of sp³-hybridized carbons (Fsp3) is 0.167. The van der Waals surface area contributed by atoms with Crippen LogP contribution in [0.3, 0.4) is 0 Å². The van der Waals surface area contributed by atoms with Crippen LogP contribution >= 0.6 is 0 Å². The SMILES string of the molecule is CNOC(=N)c1cc(-c2ccccc2)n(C)n1. The Morgan fingerprint density at radius 3 is 2.71 bits per heavy atom. The first-order chi connectivity index (χ1) is 8.22. The van der Waals surface area contributed by atoms with Crippen molar-refractivity contribution in [3.05, 3.63) is 42.1 Å². The van der Waals surface area contributed by atoms with E-state index in [1.54, 1.807) is 11.7 Å². The highest BCUT2D eigenvalue weighted by Gasteiger charge is 2.11. The Morgan fingerprint density at radius 1 is 1.35 bits per heavy atom. The second-order valence-electron chi connectivity index (χ2n) is 3.54. The fourth-order valence-corrected chi connectivity index (χ4v) is 1.61. The lowest BCUT2D eigenvalue weighted by atomic mass is 10.1. The summed E-state index contributed by atoms with van der Waals surface area (Å²) < 4.78 is 1.73. The monoisotopic (exact) mass is 230 g/mol. The smallest absolute Gasteiger partial charge is 0.258 e. The number of aromatic nitrogens is 2. The number of benzene rings is 1. The number of rotatable bonds is 3. The first kappa shape index (κ1) is 11.3.